The molecular formula is C14H16N2O3. The number of phenols is 1. The Morgan fingerprint density at radius 3 is 3.00 bits per heavy atom. The van der Waals surface area contributed by atoms with Crippen LogP contribution < -0.4 is 0 Å². The number of hydrogen-bond donors (Lipinski definition) is 1. The Kier molecular flexibility index (Phi) is 3.21. The first-order valence-corrected chi connectivity index (χ1v) is 6.52. The summed E-state index contributed by atoms with van der Waals surface area (Å²) in [7, 11) is 0. The summed E-state index contributed by atoms with van der Waals surface area (Å²) in [6, 6.07) is 6.78. The zero-order chi connectivity index (χ0) is 13.2. The average Bonchev–Trinajstić information content (AvgIpc) is 3.13. The normalized spacial score (nSPS) is 16.5. The molecule has 1 aliphatic carbocycles. The summed E-state index contributed by atoms with van der Waals surface area (Å²) in [4.78, 5) is 4.39. The Hall–Kier alpha value is -1.88. The Balaban J connectivity index is 1.85. The van der Waals surface area contributed by atoms with Crippen LogP contribution in [0.3, 0.4) is 0 Å². The Bertz CT molecular complexity index is 563. The van der Waals surface area contributed by atoms with Gasteiger partial charge < -0.3 is 14.4 Å². The minimum absolute atomic E-state index is 0.0696. The quantitative estimate of drug-likeness (QED) is 0.895. The van der Waals surface area contributed by atoms with E-state index in [4.69, 9.17) is 9.26 Å². The molecule has 1 unspecified atom stereocenters. The highest BCUT2D eigenvalue weighted by Gasteiger charge is 2.36. The van der Waals surface area contributed by atoms with E-state index in [0.29, 0.717) is 29.8 Å². The van der Waals surface area contributed by atoms with Gasteiger partial charge in [0, 0.05) is 12.2 Å². The smallest absolute Gasteiger partial charge is 0.258 e. The molecule has 1 heterocycles. The fraction of sp³-hybridized carbons (Fsp3) is 0.429. The number of aromatic hydroxyl groups is 1. The fourth-order valence-electron chi connectivity index (χ4n) is 2.11. The van der Waals surface area contributed by atoms with Crippen molar-refractivity contribution in [1.82, 2.24) is 10.1 Å². The first kappa shape index (κ1) is 12.2. The van der Waals surface area contributed by atoms with Gasteiger partial charge in [-0.15, -0.1) is 0 Å². The van der Waals surface area contributed by atoms with Crippen LogP contribution in [0.2, 0.25) is 0 Å². The lowest BCUT2D eigenvalue weighted by Gasteiger charge is -2.10. The van der Waals surface area contributed by atoms with Crippen LogP contribution in [0.15, 0.2) is 28.8 Å². The van der Waals surface area contributed by atoms with Crippen LogP contribution in [0.1, 0.15) is 31.7 Å². The number of aromatic nitrogens is 2. The molecule has 1 saturated carbocycles. The summed E-state index contributed by atoms with van der Waals surface area (Å²) in [5.74, 6) is 1.70. The lowest BCUT2D eigenvalue weighted by atomic mass is 10.2. The standard InChI is InChI=1S/C14H16N2O3/c1-2-18-12(9-6-7-9)13-15-14(19-16-13)10-4-3-5-11(17)8-10/h3-5,8-9,12,17H,2,6-7H2,1H3. The molecule has 5 nitrogen and oxygen atoms in total. The zero-order valence-electron chi connectivity index (χ0n) is 10.7. The molecule has 0 aliphatic heterocycles. The lowest BCUT2D eigenvalue weighted by molar-refractivity contribution is 0.0385. The number of benzene rings is 1. The van der Waals surface area contributed by atoms with Crippen LogP contribution in [0.5, 0.6) is 5.75 Å². The molecule has 3 rings (SSSR count). The van der Waals surface area contributed by atoms with Gasteiger partial charge in [0.15, 0.2) is 0 Å². The highest BCUT2D eigenvalue weighted by Crippen LogP contribution is 2.42. The van der Waals surface area contributed by atoms with Crippen LogP contribution in [0.25, 0.3) is 11.5 Å². The van der Waals surface area contributed by atoms with E-state index >= 15 is 0 Å². The molecule has 1 N–H and O–H groups in total. The molecule has 0 bridgehead atoms. The van der Waals surface area contributed by atoms with Gasteiger partial charge in [0.25, 0.3) is 5.89 Å². The van der Waals surface area contributed by atoms with Crippen molar-refractivity contribution in [2.45, 2.75) is 25.9 Å². The molecule has 1 aliphatic rings. The van der Waals surface area contributed by atoms with Crippen molar-refractivity contribution in [3.63, 3.8) is 0 Å². The number of rotatable bonds is 5. The molecule has 2 aromatic rings. The molecule has 0 spiro atoms. The summed E-state index contributed by atoms with van der Waals surface area (Å²) < 4.78 is 10.9. The highest BCUT2D eigenvalue weighted by atomic mass is 16.5. The predicted octanol–water partition coefficient (Wildman–Crippen LogP) is 2.93. The molecule has 100 valence electrons. The molecular weight excluding hydrogens is 244 g/mol. The average molecular weight is 260 g/mol. The second-order valence-electron chi connectivity index (χ2n) is 4.72. The summed E-state index contributed by atoms with van der Waals surface area (Å²) >= 11 is 0. The fourth-order valence-corrected chi connectivity index (χ4v) is 2.11. The van der Waals surface area contributed by atoms with Crippen molar-refractivity contribution in [3.05, 3.63) is 30.1 Å². The van der Waals surface area contributed by atoms with Crippen LogP contribution in [0.4, 0.5) is 0 Å². The van der Waals surface area contributed by atoms with E-state index in [0.717, 1.165) is 12.8 Å². The summed E-state index contributed by atoms with van der Waals surface area (Å²) in [6.07, 6.45) is 2.24. The number of nitrogens with zero attached hydrogens (tertiary/aromatic N) is 2. The van der Waals surface area contributed by atoms with E-state index in [2.05, 4.69) is 10.1 Å². The van der Waals surface area contributed by atoms with Crippen molar-refractivity contribution in [3.8, 4) is 17.2 Å². The van der Waals surface area contributed by atoms with Crippen LogP contribution in [-0.4, -0.2) is 21.9 Å². The highest BCUT2D eigenvalue weighted by molar-refractivity contribution is 5.55. The van der Waals surface area contributed by atoms with E-state index < -0.39 is 0 Å². The van der Waals surface area contributed by atoms with Gasteiger partial charge in [0.05, 0.1) is 0 Å². The Labute approximate surface area is 111 Å². The maximum atomic E-state index is 9.46. The molecule has 0 radical (unpaired) electrons. The van der Waals surface area contributed by atoms with E-state index in [1.54, 1.807) is 18.2 Å². The largest absolute Gasteiger partial charge is 0.508 e. The molecule has 0 saturated heterocycles. The van der Waals surface area contributed by atoms with E-state index in [-0.39, 0.29) is 11.9 Å². The van der Waals surface area contributed by atoms with Crippen LogP contribution >= 0.6 is 0 Å². The summed E-state index contributed by atoms with van der Waals surface area (Å²) in [6.45, 7) is 2.60. The van der Waals surface area contributed by atoms with Crippen molar-refractivity contribution >= 4 is 0 Å². The third-order valence-corrected chi connectivity index (χ3v) is 3.19. The molecule has 1 fully saturated rings. The topological polar surface area (TPSA) is 68.4 Å². The minimum atomic E-state index is -0.0696. The lowest BCUT2D eigenvalue weighted by Crippen LogP contribution is -2.08. The van der Waals surface area contributed by atoms with Gasteiger partial charge in [0.2, 0.25) is 5.82 Å². The van der Waals surface area contributed by atoms with Gasteiger partial charge in [-0.2, -0.15) is 4.98 Å². The summed E-state index contributed by atoms with van der Waals surface area (Å²) in [5.41, 5.74) is 0.713. The van der Waals surface area contributed by atoms with E-state index in [1.165, 1.54) is 0 Å². The summed E-state index contributed by atoms with van der Waals surface area (Å²) in [5, 5.41) is 13.5. The van der Waals surface area contributed by atoms with Crippen molar-refractivity contribution < 1.29 is 14.4 Å². The molecule has 1 aromatic carbocycles. The maximum Gasteiger partial charge on any atom is 0.258 e. The van der Waals surface area contributed by atoms with Gasteiger partial charge in [-0.1, -0.05) is 11.2 Å². The first-order chi connectivity index (χ1) is 9.28. The van der Waals surface area contributed by atoms with Gasteiger partial charge >= 0.3 is 0 Å². The number of ether oxygens (including phenoxy) is 1. The first-order valence-electron chi connectivity index (χ1n) is 6.52. The monoisotopic (exact) mass is 260 g/mol. The molecule has 1 aromatic heterocycles. The number of phenolic OH excluding ortho intramolecular Hbond substituents is 1. The van der Waals surface area contributed by atoms with Gasteiger partial charge in [-0.25, -0.2) is 0 Å². The third-order valence-electron chi connectivity index (χ3n) is 3.19. The van der Waals surface area contributed by atoms with E-state index in [9.17, 15) is 5.11 Å². The maximum absolute atomic E-state index is 9.46. The van der Waals surface area contributed by atoms with Crippen molar-refractivity contribution in [2.24, 2.45) is 5.92 Å². The second kappa shape index (κ2) is 5.01. The van der Waals surface area contributed by atoms with E-state index in [1.807, 2.05) is 13.0 Å². The predicted molar refractivity (Wildman–Crippen MR) is 68.5 cm³/mol. The minimum Gasteiger partial charge on any atom is -0.508 e. The van der Waals surface area contributed by atoms with Crippen molar-refractivity contribution in [1.29, 1.82) is 0 Å². The molecule has 1 atom stereocenters. The molecule has 5 heteroatoms. The molecule has 19 heavy (non-hydrogen) atoms. The van der Waals surface area contributed by atoms with Gasteiger partial charge in [-0.05, 0) is 43.9 Å². The second-order valence-corrected chi connectivity index (χ2v) is 4.72. The zero-order valence-corrected chi connectivity index (χ0v) is 10.7. The SMILES string of the molecule is CCOC(c1noc(-c2cccc(O)c2)n1)C1CC1. The van der Waals surface area contributed by atoms with Gasteiger partial charge in [-0.3, -0.25) is 0 Å². The van der Waals surface area contributed by atoms with Crippen molar-refractivity contribution in [2.75, 3.05) is 6.61 Å². The number of hydrogen-bond acceptors (Lipinski definition) is 5. The van der Waals surface area contributed by atoms with Crippen LogP contribution in [0, 0.1) is 5.92 Å². The molecule has 0 amide bonds. The third kappa shape index (κ3) is 2.61. The Morgan fingerprint density at radius 2 is 2.32 bits per heavy atom. The Morgan fingerprint density at radius 1 is 1.47 bits per heavy atom. The van der Waals surface area contributed by atoms with Gasteiger partial charge in [0.1, 0.15) is 11.9 Å². The van der Waals surface area contributed by atoms with Crippen LogP contribution in [-0.2, 0) is 4.74 Å².